The van der Waals surface area contributed by atoms with Gasteiger partial charge in [0.05, 0.1) is 0 Å². The van der Waals surface area contributed by atoms with E-state index in [0.717, 1.165) is 17.8 Å². The molecule has 0 saturated carbocycles. The topological polar surface area (TPSA) is 12.0 Å². The van der Waals surface area contributed by atoms with Crippen molar-refractivity contribution in [2.75, 3.05) is 5.32 Å². The quantitative estimate of drug-likeness (QED) is 0.229. The average molecular weight is 664 g/mol. The maximum absolute atomic E-state index is 3.81. The van der Waals surface area contributed by atoms with Crippen LogP contribution in [0.1, 0.15) is 137 Å². The van der Waals surface area contributed by atoms with E-state index in [4.69, 9.17) is 0 Å². The Kier molecular flexibility index (Phi) is 8.53. The fraction of sp³-hybridized carbons (Fsp3) is 0.429. The zero-order valence-electron chi connectivity index (χ0n) is 33.4. The van der Waals surface area contributed by atoms with E-state index in [1.165, 1.54) is 55.7 Å². The van der Waals surface area contributed by atoms with Gasteiger partial charge in [0, 0.05) is 22.2 Å². The van der Waals surface area contributed by atoms with Gasteiger partial charge in [-0.05, 0) is 108 Å². The molecule has 1 N–H and O–H groups in total. The first-order valence-electron chi connectivity index (χ1n) is 18.7. The van der Waals surface area contributed by atoms with Gasteiger partial charge in [-0.2, -0.15) is 0 Å². The number of fused-ring (bicyclic) bond motifs is 3. The first kappa shape index (κ1) is 36.0. The van der Waals surface area contributed by atoms with E-state index in [0.29, 0.717) is 0 Å². The average Bonchev–Trinajstić information content (AvgIpc) is 3.25. The number of hydrogen-bond donors (Lipinski definition) is 1. The minimum atomic E-state index is -0.190. The molecular weight excluding hydrogens is 603 g/mol. The normalized spacial score (nSPS) is 19.0. The van der Waals surface area contributed by atoms with Gasteiger partial charge >= 0.3 is 0 Å². The Morgan fingerprint density at radius 2 is 1.16 bits per heavy atom. The summed E-state index contributed by atoms with van der Waals surface area (Å²) in [5.74, 6) is 0. The molecule has 1 unspecified atom stereocenters. The van der Waals surface area contributed by atoms with Crippen LogP contribution in [0.15, 0.2) is 103 Å². The molecule has 262 valence electrons. The van der Waals surface area contributed by atoms with Crippen molar-refractivity contribution in [1.82, 2.24) is 0 Å². The molecule has 0 amide bonds. The van der Waals surface area contributed by atoms with Gasteiger partial charge in [-0.1, -0.05) is 170 Å². The van der Waals surface area contributed by atoms with Gasteiger partial charge < -0.3 is 5.32 Å². The van der Waals surface area contributed by atoms with Crippen LogP contribution >= 0.6 is 0 Å². The highest BCUT2D eigenvalue weighted by Gasteiger charge is 2.46. The molecule has 50 heavy (non-hydrogen) atoms. The molecule has 2 aliphatic carbocycles. The fourth-order valence-corrected chi connectivity index (χ4v) is 8.11. The summed E-state index contributed by atoms with van der Waals surface area (Å²) in [6, 6.07) is 32.4. The smallest absolute Gasteiger partial charge is 0.0390 e. The van der Waals surface area contributed by atoms with Gasteiger partial charge in [0.25, 0.3) is 0 Å². The first-order chi connectivity index (χ1) is 23.0. The molecule has 0 saturated heterocycles. The molecule has 6 rings (SSSR count). The van der Waals surface area contributed by atoms with Crippen LogP contribution in [0.4, 0.5) is 11.4 Å². The summed E-state index contributed by atoms with van der Waals surface area (Å²) in [5, 5.41) is 3.81. The zero-order valence-corrected chi connectivity index (χ0v) is 33.4. The van der Waals surface area contributed by atoms with E-state index < -0.39 is 0 Å². The van der Waals surface area contributed by atoms with E-state index in [9.17, 15) is 0 Å². The molecule has 0 heterocycles. The minimum absolute atomic E-state index is 0.00131. The number of hydrogen-bond acceptors (Lipinski definition) is 1. The molecule has 4 aromatic carbocycles. The van der Waals surface area contributed by atoms with Crippen LogP contribution in [0.25, 0.3) is 16.7 Å². The third kappa shape index (κ3) is 6.42. The first-order valence-corrected chi connectivity index (χ1v) is 18.7. The highest BCUT2D eigenvalue weighted by atomic mass is 14.9. The SMILES string of the molecule is CC(C)(C)C1=CC(c2cc(C(C)(C)C)cc(C(C)(C)C)c2)(C(C)(C)C)CC(c2cccc(Nc3ccc4c(c3)C(C)(C)c3ccccc3-4)c2)=C1. The molecular formula is C49H61N. The summed E-state index contributed by atoms with van der Waals surface area (Å²) >= 11 is 0. The Hall–Kier alpha value is -3.84. The maximum Gasteiger partial charge on any atom is 0.0390 e. The van der Waals surface area contributed by atoms with Gasteiger partial charge in [-0.3, -0.25) is 0 Å². The molecule has 1 atom stereocenters. The van der Waals surface area contributed by atoms with Gasteiger partial charge in [0.15, 0.2) is 0 Å². The molecule has 0 fully saturated rings. The minimum Gasteiger partial charge on any atom is -0.356 e. The highest BCUT2D eigenvalue weighted by Crippen LogP contribution is 2.55. The molecule has 1 nitrogen and oxygen atoms in total. The van der Waals surface area contributed by atoms with Crippen molar-refractivity contribution in [1.29, 1.82) is 0 Å². The summed E-state index contributed by atoms with van der Waals surface area (Å²) in [4.78, 5) is 0. The third-order valence-electron chi connectivity index (χ3n) is 11.7. The van der Waals surface area contributed by atoms with Crippen LogP contribution in [-0.2, 0) is 21.7 Å². The lowest BCUT2D eigenvalue weighted by Gasteiger charge is -2.48. The summed E-state index contributed by atoms with van der Waals surface area (Å²) in [7, 11) is 0. The van der Waals surface area contributed by atoms with Crippen molar-refractivity contribution in [3.05, 3.63) is 136 Å². The van der Waals surface area contributed by atoms with Crippen LogP contribution in [0, 0.1) is 10.8 Å². The third-order valence-corrected chi connectivity index (χ3v) is 11.7. The number of benzene rings is 4. The van der Waals surface area contributed by atoms with E-state index in [1.807, 2.05) is 0 Å². The maximum atomic E-state index is 3.81. The monoisotopic (exact) mass is 663 g/mol. The van der Waals surface area contributed by atoms with Crippen molar-refractivity contribution in [2.45, 2.75) is 125 Å². The van der Waals surface area contributed by atoms with Crippen LogP contribution < -0.4 is 5.32 Å². The summed E-state index contributed by atoms with van der Waals surface area (Å²) in [6.07, 6.45) is 6.09. The van der Waals surface area contributed by atoms with Gasteiger partial charge in [-0.25, -0.2) is 0 Å². The molecule has 2 aliphatic rings. The molecule has 0 aromatic heterocycles. The molecule has 0 aliphatic heterocycles. The Balaban J connectivity index is 1.44. The van der Waals surface area contributed by atoms with E-state index in [1.54, 1.807) is 0 Å². The number of rotatable bonds is 4. The Bertz CT molecular complexity index is 1970. The molecule has 0 bridgehead atoms. The predicted molar refractivity (Wildman–Crippen MR) is 219 cm³/mol. The lowest BCUT2D eigenvalue weighted by molar-refractivity contribution is 0.235. The van der Waals surface area contributed by atoms with Crippen molar-refractivity contribution in [2.24, 2.45) is 10.8 Å². The van der Waals surface area contributed by atoms with Gasteiger partial charge in [0.1, 0.15) is 0 Å². The molecule has 1 heteroatoms. The Labute approximate surface area is 304 Å². The molecule has 4 aromatic rings. The zero-order chi connectivity index (χ0) is 36.7. The molecule has 0 spiro atoms. The Morgan fingerprint density at radius 3 is 1.76 bits per heavy atom. The summed E-state index contributed by atoms with van der Waals surface area (Å²) in [6.45, 7) is 33.2. The lowest BCUT2D eigenvalue weighted by Crippen LogP contribution is -2.41. The second-order valence-corrected chi connectivity index (χ2v) is 19.9. The van der Waals surface area contributed by atoms with E-state index >= 15 is 0 Å². The van der Waals surface area contributed by atoms with Crippen LogP contribution in [-0.4, -0.2) is 0 Å². The highest BCUT2D eigenvalue weighted by molar-refractivity contribution is 5.83. The van der Waals surface area contributed by atoms with Gasteiger partial charge in [0.2, 0.25) is 0 Å². The fourth-order valence-electron chi connectivity index (χ4n) is 8.11. The van der Waals surface area contributed by atoms with Gasteiger partial charge in [-0.15, -0.1) is 0 Å². The van der Waals surface area contributed by atoms with Crippen LogP contribution in [0.3, 0.4) is 0 Å². The van der Waals surface area contributed by atoms with Crippen molar-refractivity contribution in [3.8, 4) is 11.1 Å². The molecule has 0 radical (unpaired) electrons. The lowest BCUT2D eigenvalue weighted by atomic mass is 9.55. The summed E-state index contributed by atoms with van der Waals surface area (Å²) < 4.78 is 0. The van der Waals surface area contributed by atoms with Crippen LogP contribution in [0.2, 0.25) is 0 Å². The van der Waals surface area contributed by atoms with Crippen molar-refractivity contribution in [3.63, 3.8) is 0 Å². The summed E-state index contributed by atoms with van der Waals surface area (Å²) in [5.41, 5.74) is 16.0. The van der Waals surface area contributed by atoms with Crippen molar-refractivity contribution < 1.29 is 0 Å². The van der Waals surface area contributed by atoms with Crippen LogP contribution in [0.5, 0.6) is 0 Å². The second kappa shape index (κ2) is 11.9. The largest absolute Gasteiger partial charge is 0.356 e. The van der Waals surface area contributed by atoms with E-state index in [2.05, 4.69) is 199 Å². The Morgan fingerprint density at radius 1 is 0.560 bits per heavy atom. The number of anilines is 2. The second-order valence-electron chi connectivity index (χ2n) is 19.9. The number of allylic oxidation sites excluding steroid dienone is 4. The number of nitrogens with one attached hydrogen (secondary N) is 1. The predicted octanol–water partition coefficient (Wildman–Crippen LogP) is 14.1. The standard InChI is InChI=1S/C49H61N/c1-44(2,3)34-26-35(45(4,5)6)28-36(27-34)49(47(10,11)12)30-33(24-37(31-49)46(7,8)9)32-18-17-19-38(25-32)50-39-22-23-41-40-20-15-16-21-42(40)48(13,14)43(41)29-39/h15-29,31,50H,30H2,1-14H3. The van der Waals surface area contributed by atoms with Crippen molar-refractivity contribution >= 4 is 16.9 Å². The van der Waals surface area contributed by atoms with E-state index in [-0.39, 0.29) is 32.5 Å².